The second-order valence-electron chi connectivity index (χ2n) is 5.76. The summed E-state index contributed by atoms with van der Waals surface area (Å²) >= 11 is 6.24. The molecule has 0 radical (unpaired) electrons. The first kappa shape index (κ1) is 18.5. The minimum Gasteiger partial charge on any atom is -0.364 e. The summed E-state index contributed by atoms with van der Waals surface area (Å²) in [5.74, 6) is -2.08. The molecular formula is C17H17ClF3NO2. The van der Waals surface area contributed by atoms with E-state index in [1.807, 2.05) is 0 Å². The molecule has 0 aromatic heterocycles. The van der Waals surface area contributed by atoms with Gasteiger partial charge in [-0.1, -0.05) is 29.8 Å². The Balaban J connectivity index is 2.44. The Kier molecular flexibility index (Phi) is 5.38. The molecule has 7 heteroatoms. The van der Waals surface area contributed by atoms with Crippen LogP contribution in [0.4, 0.5) is 13.2 Å². The lowest BCUT2D eigenvalue weighted by atomic mass is 9.74. The SMILES string of the molecule is CN(C=CC(=O)C(F)(F)F)C1(c2ccccc2Cl)CCCCC1=O. The molecule has 0 aliphatic heterocycles. The van der Waals surface area contributed by atoms with Gasteiger partial charge in [0.1, 0.15) is 5.54 Å². The molecule has 2 rings (SSSR count). The Morgan fingerprint density at radius 2 is 1.96 bits per heavy atom. The van der Waals surface area contributed by atoms with E-state index in [9.17, 15) is 22.8 Å². The second-order valence-corrected chi connectivity index (χ2v) is 6.17. The first-order chi connectivity index (χ1) is 11.2. The van der Waals surface area contributed by atoms with E-state index in [-0.39, 0.29) is 5.78 Å². The molecule has 1 aliphatic carbocycles. The van der Waals surface area contributed by atoms with Crippen LogP contribution in [0.3, 0.4) is 0 Å². The van der Waals surface area contributed by atoms with Gasteiger partial charge < -0.3 is 4.90 Å². The lowest BCUT2D eigenvalue weighted by Crippen LogP contribution is -2.49. The van der Waals surface area contributed by atoms with Crippen LogP contribution < -0.4 is 0 Å². The highest BCUT2D eigenvalue weighted by Gasteiger charge is 2.45. The predicted octanol–water partition coefficient (Wildman–Crippen LogP) is 4.26. The zero-order chi connectivity index (χ0) is 18.0. The molecule has 0 bridgehead atoms. The first-order valence-electron chi connectivity index (χ1n) is 7.50. The number of carbonyl (C=O) groups excluding carboxylic acids is 2. The van der Waals surface area contributed by atoms with Crippen LogP contribution >= 0.6 is 11.6 Å². The first-order valence-corrected chi connectivity index (χ1v) is 7.88. The summed E-state index contributed by atoms with van der Waals surface area (Å²) in [5, 5.41) is 0.371. The average Bonchev–Trinajstić information content (AvgIpc) is 2.52. The Morgan fingerprint density at radius 1 is 1.29 bits per heavy atom. The van der Waals surface area contributed by atoms with Gasteiger partial charge in [0.15, 0.2) is 5.78 Å². The van der Waals surface area contributed by atoms with Crippen LogP contribution in [0.25, 0.3) is 0 Å². The number of benzene rings is 1. The van der Waals surface area contributed by atoms with Crippen molar-refractivity contribution in [2.24, 2.45) is 0 Å². The fourth-order valence-electron chi connectivity index (χ4n) is 3.06. The van der Waals surface area contributed by atoms with E-state index < -0.39 is 17.5 Å². The van der Waals surface area contributed by atoms with Crippen molar-refractivity contribution in [1.82, 2.24) is 4.90 Å². The van der Waals surface area contributed by atoms with Crippen molar-refractivity contribution in [3.63, 3.8) is 0 Å². The monoisotopic (exact) mass is 359 g/mol. The Hall–Kier alpha value is -1.82. The highest BCUT2D eigenvalue weighted by Crippen LogP contribution is 2.42. The van der Waals surface area contributed by atoms with Gasteiger partial charge >= 0.3 is 6.18 Å². The van der Waals surface area contributed by atoms with Gasteiger partial charge in [0, 0.05) is 36.3 Å². The summed E-state index contributed by atoms with van der Waals surface area (Å²) in [7, 11) is 1.49. The summed E-state index contributed by atoms with van der Waals surface area (Å²) in [6.07, 6.45) is -1.27. The summed E-state index contributed by atoms with van der Waals surface area (Å²) in [6, 6.07) is 6.78. The molecule has 0 spiro atoms. The van der Waals surface area contributed by atoms with E-state index in [4.69, 9.17) is 11.6 Å². The number of rotatable bonds is 4. The Morgan fingerprint density at radius 3 is 2.54 bits per heavy atom. The fourth-order valence-corrected chi connectivity index (χ4v) is 3.35. The van der Waals surface area contributed by atoms with Crippen molar-refractivity contribution >= 4 is 23.2 Å². The number of ketones is 2. The standard InChI is InChI=1S/C17H17ClF3NO2/c1-22(11-9-15(24)17(19,20)21)16(10-5-4-8-14(16)23)12-6-2-3-7-13(12)18/h2-3,6-7,9,11H,4-5,8,10H2,1H3. The number of carbonyl (C=O) groups is 2. The number of Topliss-reactive ketones (excluding diaryl/α,β-unsaturated/α-hetero) is 1. The maximum absolute atomic E-state index is 12.7. The number of allylic oxidation sites excluding steroid dienone is 1. The molecular weight excluding hydrogens is 343 g/mol. The quantitative estimate of drug-likeness (QED) is 0.754. The number of nitrogens with zero attached hydrogens (tertiary/aromatic N) is 1. The summed E-state index contributed by atoms with van der Waals surface area (Å²) in [6.45, 7) is 0. The number of hydrogen-bond donors (Lipinski definition) is 0. The van der Waals surface area contributed by atoms with E-state index in [0.29, 0.717) is 29.5 Å². The number of halogens is 4. The molecule has 1 saturated carbocycles. The van der Waals surface area contributed by atoms with Crippen molar-refractivity contribution in [2.75, 3.05) is 7.05 Å². The number of hydrogen-bond acceptors (Lipinski definition) is 3. The van der Waals surface area contributed by atoms with Crippen LogP contribution in [0.5, 0.6) is 0 Å². The van der Waals surface area contributed by atoms with Gasteiger partial charge in [0.2, 0.25) is 0 Å². The van der Waals surface area contributed by atoms with E-state index in [1.165, 1.54) is 11.9 Å². The summed E-state index contributed by atoms with van der Waals surface area (Å²) in [4.78, 5) is 25.2. The number of likely N-dealkylation sites (N-methyl/N-ethyl adjacent to an activating group) is 1. The van der Waals surface area contributed by atoms with Gasteiger partial charge in [0.25, 0.3) is 5.78 Å². The van der Waals surface area contributed by atoms with E-state index in [1.54, 1.807) is 24.3 Å². The van der Waals surface area contributed by atoms with E-state index in [0.717, 1.165) is 19.0 Å². The van der Waals surface area contributed by atoms with E-state index >= 15 is 0 Å². The molecule has 1 atom stereocenters. The fraction of sp³-hybridized carbons (Fsp3) is 0.412. The molecule has 0 amide bonds. The van der Waals surface area contributed by atoms with Crippen LogP contribution in [0.15, 0.2) is 36.5 Å². The second kappa shape index (κ2) is 6.97. The zero-order valence-electron chi connectivity index (χ0n) is 13.1. The van der Waals surface area contributed by atoms with Crippen LogP contribution in [-0.4, -0.2) is 29.7 Å². The van der Waals surface area contributed by atoms with Gasteiger partial charge in [-0.25, -0.2) is 0 Å². The van der Waals surface area contributed by atoms with Crippen molar-refractivity contribution in [3.05, 3.63) is 47.1 Å². The van der Waals surface area contributed by atoms with Crippen LogP contribution in [0, 0.1) is 0 Å². The molecule has 1 aromatic rings. The lowest BCUT2D eigenvalue weighted by Gasteiger charge is -2.43. The molecule has 24 heavy (non-hydrogen) atoms. The topological polar surface area (TPSA) is 37.4 Å². The van der Waals surface area contributed by atoms with Crippen molar-refractivity contribution in [3.8, 4) is 0 Å². The maximum Gasteiger partial charge on any atom is 0.454 e. The number of alkyl halides is 3. The molecule has 0 saturated heterocycles. The largest absolute Gasteiger partial charge is 0.454 e. The van der Waals surface area contributed by atoms with Gasteiger partial charge in [-0.2, -0.15) is 13.2 Å². The third kappa shape index (κ3) is 3.48. The van der Waals surface area contributed by atoms with Crippen molar-refractivity contribution < 1.29 is 22.8 Å². The third-order valence-electron chi connectivity index (χ3n) is 4.30. The molecule has 0 heterocycles. The minimum absolute atomic E-state index is 0.117. The van der Waals surface area contributed by atoms with Crippen molar-refractivity contribution in [1.29, 1.82) is 0 Å². The smallest absolute Gasteiger partial charge is 0.364 e. The van der Waals surface area contributed by atoms with Gasteiger partial charge in [-0.15, -0.1) is 0 Å². The maximum atomic E-state index is 12.7. The normalized spacial score (nSPS) is 22.0. The highest BCUT2D eigenvalue weighted by atomic mass is 35.5. The summed E-state index contributed by atoms with van der Waals surface area (Å²) < 4.78 is 37.2. The van der Waals surface area contributed by atoms with Crippen LogP contribution in [0.1, 0.15) is 31.2 Å². The zero-order valence-corrected chi connectivity index (χ0v) is 13.8. The molecule has 1 aromatic carbocycles. The molecule has 1 unspecified atom stereocenters. The molecule has 3 nitrogen and oxygen atoms in total. The third-order valence-corrected chi connectivity index (χ3v) is 4.63. The predicted molar refractivity (Wildman–Crippen MR) is 84.6 cm³/mol. The van der Waals surface area contributed by atoms with Crippen molar-refractivity contribution in [2.45, 2.75) is 37.4 Å². The Labute approximate surface area is 143 Å². The van der Waals surface area contributed by atoms with Crippen LogP contribution in [-0.2, 0) is 15.1 Å². The molecule has 0 N–H and O–H groups in total. The highest BCUT2D eigenvalue weighted by molar-refractivity contribution is 6.31. The van der Waals surface area contributed by atoms with Gasteiger partial charge in [-0.05, 0) is 25.3 Å². The van der Waals surface area contributed by atoms with E-state index in [2.05, 4.69) is 0 Å². The van der Waals surface area contributed by atoms with Crippen LogP contribution in [0.2, 0.25) is 5.02 Å². The Bertz CT molecular complexity index is 672. The molecule has 130 valence electrons. The van der Waals surface area contributed by atoms with Gasteiger partial charge in [0.05, 0.1) is 0 Å². The molecule has 1 fully saturated rings. The lowest BCUT2D eigenvalue weighted by molar-refractivity contribution is -0.165. The molecule has 1 aliphatic rings. The summed E-state index contributed by atoms with van der Waals surface area (Å²) in [5.41, 5.74) is -0.609. The minimum atomic E-state index is -4.94. The average molecular weight is 360 g/mol. The van der Waals surface area contributed by atoms with Gasteiger partial charge in [-0.3, -0.25) is 9.59 Å².